The number of carboxylic acids is 1. The molecule has 10 N–H and O–H groups in total. The number of H-pyrrole nitrogens is 1. The van der Waals surface area contributed by atoms with Crippen molar-refractivity contribution in [2.45, 2.75) is 62.7 Å². The first-order valence-electron chi connectivity index (χ1n) is 14.5. The average Bonchev–Trinajstić information content (AvgIpc) is 3.42. The molecule has 3 aromatic rings. The molecule has 4 unspecified atom stereocenters. The molecule has 44 heavy (non-hydrogen) atoms. The number of phenols is 1. The minimum absolute atomic E-state index is 0.0130. The van der Waals surface area contributed by atoms with Gasteiger partial charge in [0.25, 0.3) is 0 Å². The summed E-state index contributed by atoms with van der Waals surface area (Å²) in [5, 5.41) is 28.6. The number of aliphatic carboxylic acids is 1. The molecule has 0 aliphatic heterocycles. The summed E-state index contributed by atoms with van der Waals surface area (Å²) in [5.74, 6) is -2.41. The predicted molar refractivity (Wildman–Crippen MR) is 171 cm³/mol. The number of aromatic nitrogens is 1. The third-order valence-corrected chi connectivity index (χ3v) is 7.92. The summed E-state index contributed by atoms with van der Waals surface area (Å²) in [5.41, 5.74) is 13.7. The lowest BCUT2D eigenvalue weighted by Gasteiger charge is -2.25. The zero-order valence-electron chi connectivity index (χ0n) is 24.8. The average molecular weight is 627 g/mol. The number of aromatic hydroxyl groups is 1. The normalized spacial score (nSPS) is 13.9. The van der Waals surface area contributed by atoms with Crippen LogP contribution in [0, 0.1) is 0 Å². The zero-order chi connectivity index (χ0) is 32.1. The number of para-hydroxylation sites is 1. The molecule has 13 heteroatoms. The molecule has 238 valence electrons. The molecule has 0 radical (unpaired) electrons. The Kier molecular flexibility index (Phi) is 13.5. The highest BCUT2D eigenvalue weighted by Crippen LogP contribution is 2.19. The van der Waals surface area contributed by atoms with E-state index in [4.69, 9.17) is 11.5 Å². The van der Waals surface area contributed by atoms with E-state index < -0.39 is 47.9 Å². The van der Waals surface area contributed by atoms with E-state index in [1.165, 1.54) is 23.9 Å². The van der Waals surface area contributed by atoms with Gasteiger partial charge in [0, 0.05) is 29.9 Å². The predicted octanol–water partition coefficient (Wildman–Crippen LogP) is 1.41. The van der Waals surface area contributed by atoms with Crippen molar-refractivity contribution in [1.29, 1.82) is 0 Å². The van der Waals surface area contributed by atoms with Crippen LogP contribution in [0.15, 0.2) is 54.7 Å². The summed E-state index contributed by atoms with van der Waals surface area (Å²) in [6.45, 7) is 0.488. The van der Waals surface area contributed by atoms with E-state index in [1.54, 1.807) is 18.3 Å². The van der Waals surface area contributed by atoms with Crippen molar-refractivity contribution in [3.63, 3.8) is 0 Å². The maximum Gasteiger partial charge on any atom is 0.326 e. The SMILES string of the molecule is CSCCC(NC(=O)C(N)CCCCN)C(=O)NC(Cc1ccc(O)cc1)C(=O)NC(Cc1c[nH]c2ccccc12)C(=O)O. The number of nitrogens with two attached hydrogens (primary N) is 2. The van der Waals surface area contributed by atoms with Gasteiger partial charge in [-0.2, -0.15) is 11.8 Å². The van der Waals surface area contributed by atoms with Crippen molar-refractivity contribution in [1.82, 2.24) is 20.9 Å². The standard InChI is InChI=1S/C31H42N6O6S/c1-44-15-13-25(35-28(39)23(33)7-4-5-14-32)29(40)36-26(16-19-9-11-21(38)12-10-19)30(41)37-27(31(42)43)17-20-18-34-24-8-3-2-6-22(20)24/h2-3,6,8-12,18,23,25-27,34,38H,4-5,7,13-17,32-33H2,1H3,(H,35,39)(H,36,40)(H,37,41)(H,42,43). The molecule has 0 saturated heterocycles. The number of hydrogen-bond donors (Lipinski definition) is 8. The molecule has 2 aromatic carbocycles. The number of fused-ring (bicyclic) bond motifs is 1. The van der Waals surface area contributed by atoms with Crippen LogP contribution in [-0.2, 0) is 32.0 Å². The Hall–Kier alpha value is -4.07. The number of hydrogen-bond acceptors (Lipinski definition) is 8. The number of nitrogens with one attached hydrogen (secondary N) is 4. The Labute approximate surface area is 260 Å². The Balaban J connectivity index is 1.79. The quantitative estimate of drug-likeness (QED) is 0.0957. The molecule has 1 heterocycles. The van der Waals surface area contributed by atoms with Crippen molar-refractivity contribution in [3.8, 4) is 5.75 Å². The Morgan fingerprint density at radius 3 is 2.20 bits per heavy atom. The molecular weight excluding hydrogens is 584 g/mol. The van der Waals surface area contributed by atoms with E-state index in [9.17, 15) is 29.4 Å². The van der Waals surface area contributed by atoms with Crippen LogP contribution in [0.1, 0.15) is 36.8 Å². The number of rotatable bonds is 18. The van der Waals surface area contributed by atoms with Gasteiger partial charge < -0.3 is 42.6 Å². The molecule has 0 aliphatic rings. The van der Waals surface area contributed by atoms with E-state index in [1.807, 2.05) is 30.5 Å². The van der Waals surface area contributed by atoms with Gasteiger partial charge in [-0.15, -0.1) is 0 Å². The number of benzene rings is 2. The van der Waals surface area contributed by atoms with Crippen LogP contribution < -0.4 is 27.4 Å². The van der Waals surface area contributed by atoms with Crippen LogP contribution >= 0.6 is 11.8 Å². The second-order valence-electron chi connectivity index (χ2n) is 10.6. The number of carbonyl (C=O) groups is 4. The summed E-state index contributed by atoms with van der Waals surface area (Å²) in [6, 6.07) is 9.33. The van der Waals surface area contributed by atoms with Gasteiger partial charge in [0.2, 0.25) is 17.7 Å². The third-order valence-electron chi connectivity index (χ3n) is 7.27. The highest BCUT2D eigenvalue weighted by Gasteiger charge is 2.31. The first kappa shape index (κ1) is 34.4. The second kappa shape index (κ2) is 17.3. The van der Waals surface area contributed by atoms with Crippen molar-refractivity contribution in [2.24, 2.45) is 11.5 Å². The minimum Gasteiger partial charge on any atom is -0.508 e. The smallest absolute Gasteiger partial charge is 0.326 e. The Morgan fingerprint density at radius 2 is 1.52 bits per heavy atom. The van der Waals surface area contributed by atoms with E-state index in [2.05, 4.69) is 20.9 Å². The van der Waals surface area contributed by atoms with Gasteiger partial charge in [0.15, 0.2) is 0 Å². The van der Waals surface area contributed by atoms with Gasteiger partial charge >= 0.3 is 5.97 Å². The van der Waals surface area contributed by atoms with Gasteiger partial charge in [-0.1, -0.05) is 36.8 Å². The number of aromatic amines is 1. The topological polar surface area (TPSA) is 213 Å². The summed E-state index contributed by atoms with van der Waals surface area (Å²) >= 11 is 1.50. The summed E-state index contributed by atoms with van der Waals surface area (Å²) in [4.78, 5) is 55.3. The summed E-state index contributed by atoms with van der Waals surface area (Å²) in [7, 11) is 0. The lowest BCUT2D eigenvalue weighted by molar-refractivity contribution is -0.142. The monoisotopic (exact) mass is 626 g/mol. The van der Waals surface area contributed by atoms with Crippen molar-refractivity contribution >= 4 is 46.4 Å². The molecule has 1 aromatic heterocycles. The van der Waals surface area contributed by atoms with Gasteiger partial charge in [0.05, 0.1) is 6.04 Å². The minimum atomic E-state index is -1.28. The molecule has 3 rings (SSSR count). The number of phenolic OH excluding ortho intramolecular Hbond substituents is 1. The molecular formula is C31H42N6O6S. The Bertz CT molecular complexity index is 1400. The number of amides is 3. The van der Waals surface area contributed by atoms with Gasteiger partial charge in [-0.3, -0.25) is 14.4 Å². The van der Waals surface area contributed by atoms with Crippen LogP contribution in [0.5, 0.6) is 5.75 Å². The van der Waals surface area contributed by atoms with Crippen LogP contribution in [0.2, 0.25) is 0 Å². The fourth-order valence-electron chi connectivity index (χ4n) is 4.77. The molecule has 3 amide bonds. The number of unbranched alkanes of at least 4 members (excludes halogenated alkanes) is 1. The highest BCUT2D eigenvalue weighted by atomic mass is 32.2. The van der Waals surface area contributed by atoms with Crippen molar-refractivity contribution in [2.75, 3.05) is 18.6 Å². The van der Waals surface area contributed by atoms with Gasteiger partial charge in [0.1, 0.15) is 23.9 Å². The van der Waals surface area contributed by atoms with Gasteiger partial charge in [-0.25, -0.2) is 4.79 Å². The zero-order valence-corrected chi connectivity index (χ0v) is 25.6. The van der Waals surface area contributed by atoms with Crippen LogP contribution in [0.3, 0.4) is 0 Å². The molecule has 0 saturated carbocycles. The molecule has 12 nitrogen and oxygen atoms in total. The largest absolute Gasteiger partial charge is 0.508 e. The fraction of sp³-hybridized carbons (Fsp3) is 0.419. The molecule has 0 fully saturated rings. The summed E-state index contributed by atoms with van der Waals surface area (Å²) < 4.78 is 0. The highest BCUT2D eigenvalue weighted by molar-refractivity contribution is 7.98. The van der Waals surface area contributed by atoms with E-state index in [0.29, 0.717) is 37.1 Å². The number of carboxylic acid groups (broad SMARTS) is 1. The lowest BCUT2D eigenvalue weighted by atomic mass is 10.0. The lowest BCUT2D eigenvalue weighted by Crippen LogP contribution is -2.58. The summed E-state index contributed by atoms with van der Waals surface area (Å²) in [6.07, 6.45) is 5.71. The molecule has 0 spiro atoms. The van der Waals surface area contributed by atoms with E-state index in [-0.39, 0.29) is 18.6 Å². The third kappa shape index (κ3) is 10.3. The van der Waals surface area contributed by atoms with E-state index >= 15 is 0 Å². The van der Waals surface area contributed by atoms with Crippen LogP contribution in [0.25, 0.3) is 10.9 Å². The second-order valence-corrected chi connectivity index (χ2v) is 11.6. The molecule has 0 aliphatic carbocycles. The van der Waals surface area contributed by atoms with E-state index in [0.717, 1.165) is 22.9 Å². The first-order valence-corrected chi connectivity index (χ1v) is 15.9. The van der Waals surface area contributed by atoms with Crippen molar-refractivity contribution < 1.29 is 29.4 Å². The maximum absolute atomic E-state index is 13.6. The van der Waals surface area contributed by atoms with Gasteiger partial charge in [-0.05, 0) is 67.1 Å². The van der Waals surface area contributed by atoms with Crippen LogP contribution in [-0.4, -0.2) is 81.6 Å². The fourth-order valence-corrected chi connectivity index (χ4v) is 5.24. The first-order chi connectivity index (χ1) is 21.1. The number of thioether (sulfide) groups is 1. The Morgan fingerprint density at radius 1 is 0.864 bits per heavy atom. The molecule has 0 bridgehead atoms. The maximum atomic E-state index is 13.6. The van der Waals surface area contributed by atoms with Crippen LogP contribution in [0.4, 0.5) is 0 Å². The molecule has 4 atom stereocenters. The van der Waals surface area contributed by atoms with Crippen molar-refractivity contribution in [3.05, 3.63) is 65.9 Å². The number of carbonyl (C=O) groups excluding carboxylic acids is 3.